The Bertz CT molecular complexity index is 569. The summed E-state index contributed by atoms with van der Waals surface area (Å²) in [6.07, 6.45) is -3.42. The smallest absolute Gasteiger partial charge is 0.419 e. The second-order valence-electron chi connectivity index (χ2n) is 6.48. The summed E-state index contributed by atoms with van der Waals surface area (Å²) in [5, 5.41) is 9.40. The molecule has 6 nitrogen and oxygen atoms in total. The molecule has 1 aromatic heterocycles. The average molecular weight is 332 g/mol. The van der Waals surface area contributed by atoms with Gasteiger partial charge in [0.15, 0.2) is 0 Å². The van der Waals surface area contributed by atoms with E-state index in [4.69, 9.17) is 0 Å². The lowest BCUT2D eigenvalue weighted by atomic mass is 10.0. The van der Waals surface area contributed by atoms with Crippen molar-refractivity contribution < 1.29 is 23.1 Å². The zero-order valence-corrected chi connectivity index (χ0v) is 13.1. The van der Waals surface area contributed by atoms with Gasteiger partial charge in [0.25, 0.3) is 0 Å². The number of carboxylic acid groups (broad SMARTS) is 1. The summed E-state index contributed by atoms with van der Waals surface area (Å²) >= 11 is 0. The van der Waals surface area contributed by atoms with E-state index in [0.29, 0.717) is 19.5 Å². The van der Waals surface area contributed by atoms with E-state index >= 15 is 0 Å². The Morgan fingerprint density at radius 2 is 1.87 bits per heavy atom. The van der Waals surface area contributed by atoms with E-state index in [-0.39, 0.29) is 12.0 Å². The van der Waals surface area contributed by atoms with Gasteiger partial charge in [-0.05, 0) is 27.2 Å². The maximum atomic E-state index is 12.5. The minimum Gasteiger partial charge on any atom is -0.465 e. The Labute approximate surface area is 131 Å². The van der Waals surface area contributed by atoms with Crippen molar-refractivity contribution in [1.82, 2.24) is 14.9 Å². The van der Waals surface area contributed by atoms with Crippen molar-refractivity contribution in [2.24, 2.45) is 0 Å². The second-order valence-corrected chi connectivity index (χ2v) is 6.48. The molecule has 0 saturated carbocycles. The van der Waals surface area contributed by atoms with Crippen LogP contribution in [0.1, 0.15) is 32.8 Å². The first-order valence-corrected chi connectivity index (χ1v) is 7.16. The average Bonchev–Trinajstić information content (AvgIpc) is 2.85. The number of anilines is 1. The van der Waals surface area contributed by atoms with Gasteiger partial charge in [0.05, 0.1) is 11.6 Å². The lowest BCUT2D eigenvalue weighted by Crippen LogP contribution is -2.52. The highest BCUT2D eigenvalue weighted by Crippen LogP contribution is 2.30. The number of nitrogens with zero attached hydrogens (tertiary/aromatic N) is 4. The molecular formula is C14H19F3N4O2. The van der Waals surface area contributed by atoms with Crippen LogP contribution in [-0.2, 0) is 6.18 Å². The molecule has 0 bridgehead atoms. The summed E-state index contributed by atoms with van der Waals surface area (Å²) in [6, 6.07) is -0.251. The summed E-state index contributed by atoms with van der Waals surface area (Å²) in [6.45, 7) is 6.26. The van der Waals surface area contributed by atoms with Crippen molar-refractivity contribution in [2.45, 2.75) is 44.9 Å². The van der Waals surface area contributed by atoms with E-state index in [9.17, 15) is 23.1 Å². The molecule has 9 heteroatoms. The maximum Gasteiger partial charge on any atom is 0.419 e. The van der Waals surface area contributed by atoms with Crippen LogP contribution in [-0.4, -0.2) is 50.7 Å². The summed E-state index contributed by atoms with van der Waals surface area (Å²) in [4.78, 5) is 22.1. The summed E-state index contributed by atoms with van der Waals surface area (Å²) in [7, 11) is 0. The molecule has 1 amide bonds. The Morgan fingerprint density at radius 3 is 2.30 bits per heavy atom. The fraction of sp³-hybridized carbons (Fsp3) is 0.643. The molecule has 1 aromatic rings. The lowest BCUT2D eigenvalue weighted by molar-refractivity contribution is -0.138. The van der Waals surface area contributed by atoms with Crippen LogP contribution in [0.4, 0.5) is 23.9 Å². The van der Waals surface area contributed by atoms with E-state index in [1.54, 1.807) is 25.7 Å². The predicted octanol–water partition coefficient (Wildman–Crippen LogP) is 2.85. The van der Waals surface area contributed by atoms with Crippen molar-refractivity contribution in [3.05, 3.63) is 18.0 Å². The third kappa shape index (κ3) is 3.83. The number of hydrogen-bond donors (Lipinski definition) is 1. The standard InChI is InChI=1S/C14H19F3N4O2/c1-13(2,3)21(12(22)23)10-4-5-20(8-10)11-18-6-9(7-19-11)14(15,16)17/h6-7,10H,4-5,8H2,1-3H3,(H,22,23). The highest BCUT2D eigenvalue weighted by molar-refractivity contribution is 5.66. The van der Waals surface area contributed by atoms with Crippen molar-refractivity contribution in [1.29, 1.82) is 0 Å². The molecule has 0 aromatic carbocycles. The highest BCUT2D eigenvalue weighted by atomic mass is 19.4. The zero-order valence-electron chi connectivity index (χ0n) is 13.1. The van der Waals surface area contributed by atoms with Crippen LogP contribution in [0.15, 0.2) is 12.4 Å². The molecule has 1 unspecified atom stereocenters. The van der Waals surface area contributed by atoms with E-state index in [1.165, 1.54) is 4.90 Å². The molecule has 1 saturated heterocycles. The number of amides is 1. The fourth-order valence-corrected chi connectivity index (χ4v) is 2.76. The van der Waals surface area contributed by atoms with Crippen LogP contribution in [0.25, 0.3) is 0 Å². The van der Waals surface area contributed by atoms with Crippen LogP contribution in [0.5, 0.6) is 0 Å². The van der Waals surface area contributed by atoms with Gasteiger partial charge in [0, 0.05) is 31.0 Å². The van der Waals surface area contributed by atoms with Gasteiger partial charge < -0.3 is 10.0 Å². The summed E-state index contributed by atoms with van der Waals surface area (Å²) in [5.74, 6) is 0.180. The minimum absolute atomic E-state index is 0.180. The molecule has 1 aliphatic rings. The first kappa shape index (κ1) is 17.3. The number of rotatable bonds is 2. The first-order chi connectivity index (χ1) is 10.5. The quantitative estimate of drug-likeness (QED) is 0.902. The van der Waals surface area contributed by atoms with Crippen molar-refractivity contribution >= 4 is 12.0 Å². The Morgan fingerprint density at radius 1 is 1.30 bits per heavy atom. The Hall–Kier alpha value is -2.06. The highest BCUT2D eigenvalue weighted by Gasteiger charge is 2.38. The third-order valence-electron chi connectivity index (χ3n) is 3.71. The van der Waals surface area contributed by atoms with Crippen LogP contribution in [0.3, 0.4) is 0 Å². The monoisotopic (exact) mass is 332 g/mol. The molecule has 23 heavy (non-hydrogen) atoms. The van der Waals surface area contributed by atoms with Crippen LogP contribution < -0.4 is 4.90 Å². The SMILES string of the molecule is CC(C)(C)N(C(=O)O)C1CCN(c2ncc(C(F)(F)F)cn2)C1. The summed E-state index contributed by atoms with van der Waals surface area (Å²) in [5.41, 5.74) is -1.47. The van der Waals surface area contributed by atoms with Gasteiger partial charge >= 0.3 is 12.3 Å². The van der Waals surface area contributed by atoms with E-state index in [0.717, 1.165) is 12.4 Å². The number of alkyl halides is 3. The fourth-order valence-electron chi connectivity index (χ4n) is 2.76. The molecule has 2 rings (SSSR count). The van der Waals surface area contributed by atoms with Gasteiger partial charge in [0.2, 0.25) is 5.95 Å². The molecule has 0 radical (unpaired) electrons. The van der Waals surface area contributed by atoms with Gasteiger partial charge in [-0.25, -0.2) is 14.8 Å². The zero-order chi connectivity index (χ0) is 17.4. The third-order valence-corrected chi connectivity index (χ3v) is 3.71. The first-order valence-electron chi connectivity index (χ1n) is 7.16. The van der Waals surface area contributed by atoms with Gasteiger partial charge in [-0.3, -0.25) is 4.90 Å². The predicted molar refractivity (Wildman–Crippen MR) is 77.3 cm³/mol. The number of aromatic nitrogens is 2. The molecule has 1 N–H and O–H groups in total. The van der Waals surface area contributed by atoms with E-state index in [2.05, 4.69) is 9.97 Å². The molecule has 0 aliphatic carbocycles. The molecule has 128 valence electrons. The van der Waals surface area contributed by atoms with Crippen LogP contribution in [0.2, 0.25) is 0 Å². The van der Waals surface area contributed by atoms with Crippen LogP contribution >= 0.6 is 0 Å². The Balaban J connectivity index is 2.12. The topological polar surface area (TPSA) is 69.6 Å². The Kier molecular flexibility index (Phi) is 4.41. The van der Waals surface area contributed by atoms with Crippen molar-refractivity contribution in [3.8, 4) is 0 Å². The molecule has 1 fully saturated rings. The van der Waals surface area contributed by atoms with Gasteiger partial charge in [-0.2, -0.15) is 13.2 Å². The van der Waals surface area contributed by atoms with E-state index < -0.39 is 23.4 Å². The number of halogens is 3. The van der Waals surface area contributed by atoms with Gasteiger partial charge in [0.1, 0.15) is 0 Å². The largest absolute Gasteiger partial charge is 0.465 e. The minimum atomic E-state index is -4.47. The number of carbonyl (C=O) groups is 1. The lowest BCUT2D eigenvalue weighted by Gasteiger charge is -2.37. The number of hydrogen-bond acceptors (Lipinski definition) is 4. The second kappa shape index (κ2) is 5.86. The molecule has 1 aliphatic heterocycles. The molecule has 1 atom stereocenters. The molecule has 2 heterocycles. The molecular weight excluding hydrogens is 313 g/mol. The van der Waals surface area contributed by atoms with Crippen LogP contribution in [0, 0.1) is 0 Å². The normalized spacial score (nSPS) is 19.0. The summed E-state index contributed by atoms with van der Waals surface area (Å²) < 4.78 is 37.6. The van der Waals surface area contributed by atoms with Crippen molar-refractivity contribution in [3.63, 3.8) is 0 Å². The van der Waals surface area contributed by atoms with E-state index in [1.807, 2.05) is 0 Å². The van der Waals surface area contributed by atoms with Gasteiger partial charge in [-0.1, -0.05) is 0 Å². The maximum absolute atomic E-state index is 12.5. The van der Waals surface area contributed by atoms with Crippen molar-refractivity contribution in [2.75, 3.05) is 18.0 Å². The van der Waals surface area contributed by atoms with Gasteiger partial charge in [-0.15, -0.1) is 0 Å². The molecule has 0 spiro atoms.